The number of esters is 5. The highest BCUT2D eigenvalue weighted by Crippen LogP contribution is 2.76. The maximum Gasteiger partial charge on any atom is 0.315 e. The van der Waals surface area contributed by atoms with E-state index in [9.17, 15) is 29.4 Å². The van der Waals surface area contributed by atoms with E-state index in [0.717, 1.165) is 59.8 Å². The van der Waals surface area contributed by atoms with Crippen LogP contribution in [0.3, 0.4) is 0 Å². The Kier molecular flexibility index (Phi) is 10.9. The maximum absolute atomic E-state index is 15.1. The highest BCUT2D eigenvalue weighted by Gasteiger charge is 2.70. The Morgan fingerprint density at radius 1 is 0.661 bits per heavy atom. The van der Waals surface area contributed by atoms with Crippen molar-refractivity contribution in [3.8, 4) is 0 Å². The fourth-order valence-electron chi connectivity index (χ4n) is 13.1. The molecule has 0 amide bonds. The molecular weight excluding hydrogens is 724 g/mol. The zero-order valence-corrected chi connectivity index (χ0v) is 35.1. The van der Waals surface area contributed by atoms with Gasteiger partial charge >= 0.3 is 29.8 Å². The minimum atomic E-state index is -1.68. The third kappa shape index (κ3) is 6.78. The number of aliphatic hydroxyl groups excluding tert-OH is 2. The molecule has 4 saturated carbocycles. The van der Waals surface area contributed by atoms with Gasteiger partial charge in [0.05, 0.1) is 17.6 Å². The van der Waals surface area contributed by atoms with E-state index in [1.54, 1.807) is 0 Å². The smallest absolute Gasteiger partial charge is 0.315 e. The first-order valence-electron chi connectivity index (χ1n) is 20.4. The van der Waals surface area contributed by atoms with Crippen molar-refractivity contribution in [3.05, 3.63) is 11.6 Å². The lowest BCUT2D eigenvalue weighted by atomic mass is 9.33. The number of carbonyl (C=O) groups is 5. The Morgan fingerprint density at radius 2 is 1.20 bits per heavy atom. The van der Waals surface area contributed by atoms with Gasteiger partial charge in [0.15, 0.2) is 6.10 Å². The van der Waals surface area contributed by atoms with Crippen molar-refractivity contribution in [3.63, 3.8) is 0 Å². The third-order valence-electron chi connectivity index (χ3n) is 15.8. The first kappa shape index (κ1) is 42.6. The van der Waals surface area contributed by atoms with Crippen molar-refractivity contribution < 1.29 is 62.6 Å². The van der Waals surface area contributed by atoms with Crippen LogP contribution in [0.25, 0.3) is 0 Å². The van der Waals surface area contributed by atoms with Crippen LogP contribution in [0.15, 0.2) is 11.6 Å². The molecule has 14 atom stereocenters. The molecule has 56 heavy (non-hydrogen) atoms. The first-order chi connectivity index (χ1) is 25.8. The van der Waals surface area contributed by atoms with E-state index in [1.165, 1.54) is 5.57 Å². The van der Waals surface area contributed by atoms with Gasteiger partial charge in [-0.3, -0.25) is 28.7 Å². The van der Waals surface area contributed by atoms with Crippen molar-refractivity contribution >= 4 is 29.8 Å². The van der Waals surface area contributed by atoms with Crippen LogP contribution in [0.4, 0.5) is 0 Å². The number of allylic oxidation sites excluding steroid dienone is 2. The lowest BCUT2D eigenvalue weighted by molar-refractivity contribution is -0.339. The quantitative estimate of drug-likeness (QED) is 0.190. The van der Waals surface area contributed by atoms with Gasteiger partial charge in [-0.1, -0.05) is 60.1 Å². The van der Waals surface area contributed by atoms with Crippen LogP contribution in [0.1, 0.15) is 134 Å². The van der Waals surface area contributed by atoms with Gasteiger partial charge < -0.3 is 33.9 Å². The topological polar surface area (TPSA) is 181 Å². The highest BCUT2D eigenvalue weighted by molar-refractivity contribution is 5.79. The molecule has 0 spiro atoms. The molecule has 1 saturated heterocycles. The Hall–Kier alpha value is -3.03. The summed E-state index contributed by atoms with van der Waals surface area (Å²) >= 11 is 0. The number of carbonyl (C=O) groups excluding carboxylic acids is 5. The SMILES string of the molecule is CC(=O)O[C@@H]1O[C@H](OC(=O)[C@]23CCC(C)(C)C[C@H]2C2=CC[C@@H]4[C@@]5(C)C[C@@H](O)[C@H](O)C(C)(C)[C@@H]5CC[C@@]4(C)[C@]2(C)CC3)[C@@H](OC(C)=O)[C@H](OC(C)=O)[C@H]1OC(C)=O. The number of aliphatic hydroxyl groups is 2. The van der Waals surface area contributed by atoms with Crippen molar-refractivity contribution in [2.75, 3.05) is 0 Å². The van der Waals surface area contributed by atoms with Gasteiger partial charge in [-0.05, 0) is 103 Å². The minimum Gasteiger partial charge on any atom is -0.454 e. The molecule has 2 N–H and O–H groups in total. The summed E-state index contributed by atoms with van der Waals surface area (Å²) < 4.78 is 34.2. The van der Waals surface area contributed by atoms with E-state index in [1.807, 2.05) is 0 Å². The van der Waals surface area contributed by atoms with Crippen LogP contribution < -0.4 is 0 Å². The fourth-order valence-corrected chi connectivity index (χ4v) is 13.1. The van der Waals surface area contributed by atoms with Gasteiger partial charge in [0.2, 0.25) is 24.8 Å². The third-order valence-corrected chi connectivity index (χ3v) is 15.8. The normalized spacial score (nSPS) is 44.8. The van der Waals surface area contributed by atoms with Gasteiger partial charge in [-0.15, -0.1) is 0 Å². The predicted molar refractivity (Wildman–Crippen MR) is 200 cm³/mol. The molecule has 1 aliphatic heterocycles. The molecule has 0 aromatic carbocycles. The fraction of sp³-hybridized carbons (Fsp3) is 0.837. The largest absolute Gasteiger partial charge is 0.454 e. The Bertz CT molecular complexity index is 1650. The molecule has 5 fully saturated rings. The summed E-state index contributed by atoms with van der Waals surface area (Å²) in [7, 11) is 0. The van der Waals surface area contributed by atoms with E-state index in [0.29, 0.717) is 25.7 Å². The number of hydrogen-bond donors (Lipinski definition) is 2. The van der Waals surface area contributed by atoms with Gasteiger partial charge in [0.25, 0.3) is 0 Å². The molecule has 0 radical (unpaired) electrons. The molecule has 0 bridgehead atoms. The molecule has 0 aromatic heterocycles. The molecule has 6 rings (SSSR count). The van der Waals surface area contributed by atoms with E-state index in [4.69, 9.17) is 28.4 Å². The van der Waals surface area contributed by atoms with Gasteiger partial charge in [-0.2, -0.15) is 0 Å². The zero-order chi connectivity index (χ0) is 41.6. The van der Waals surface area contributed by atoms with Gasteiger partial charge in [0, 0.05) is 27.7 Å². The Morgan fingerprint density at radius 3 is 1.77 bits per heavy atom. The van der Waals surface area contributed by atoms with Crippen LogP contribution in [0, 0.1) is 50.2 Å². The standard InChI is InChI=1S/C43H64O13/c1-22(44)51-31-32(52-23(2)45)35(54-25(4)47)55-36(33(31)53-24(3)46)56-37(50)43-18-16-38(5,6)20-27(43)26-12-13-30-40(9)21-28(48)34(49)39(7,8)29(40)14-15-42(30,11)41(26,10)17-19-43/h12,27-36,48-49H,13-21H2,1-11H3/t27-,28+,29-,30+,31+,32+,33-,34-,35+,36+,40-,41+,42+,43-/m0/s1. The summed E-state index contributed by atoms with van der Waals surface area (Å²) in [6, 6.07) is 0. The highest BCUT2D eigenvalue weighted by atomic mass is 16.8. The van der Waals surface area contributed by atoms with E-state index < -0.39 is 83.8 Å². The van der Waals surface area contributed by atoms with Crippen molar-refractivity contribution in [1.29, 1.82) is 0 Å². The zero-order valence-electron chi connectivity index (χ0n) is 35.1. The first-order valence-corrected chi connectivity index (χ1v) is 20.4. The van der Waals surface area contributed by atoms with Crippen LogP contribution in [0.5, 0.6) is 0 Å². The molecule has 314 valence electrons. The van der Waals surface area contributed by atoms with Gasteiger partial charge in [-0.25, -0.2) is 0 Å². The molecular formula is C43H64O13. The Balaban J connectivity index is 1.38. The van der Waals surface area contributed by atoms with E-state index in [-0.39, 0.29) is 39.4 Å². The molecule has 6 aliphatic rings. The maximum atomic E-state index is 15.1. The average molecular weight is 789 g/mol. The number of fused-ring (bicyclic) bond motifs is 7. The molecule has 13 nitrogen and oxygen atoms in total. The summed E-state index contributed by atoms with van der Waals surface area (Å²) in [5.41, 5.74) is -0.849. The number of hydrogen-bond acceptors (Lipinski definition) is 13. The summed E-state index contributed by atoms with van der Waals surface area (Å²) in [5, 5.41) is 22.4. The lowest BCUT2D eigenvalue weighted by Gasteiger charge is -2.71. The van der Waals surface area contributed by atoms with Crippen molar-refractivity contribution in [2.45, 2.75) is 177 Å². The van der Waals surface area contributed by atoms with Gasteiger partial charge in [0.1, 0.15) is 0 Å². The second-order valence-electron chi connectivity index (χ2n) is 20.0. The second-order valence-corrected chi connectivity index (χ2v) is 20.0. The van der Waals surface area contributed by atoms with Crippen molar-refractivity contribution in [2.24, 2.45) is 50.2 Å². The van der Waals surface area contributed by atoms with Crippen LogP contribution in [-0.4, -0.2) is 83.2 Å². The monoisotopic (exact) mass is 788 g/mol. The predicted octanol–water partition coefficient (Wildman–Crippen LogP) is 5.70. The summed E-state index contributed by atoms with van der Waals surface area (Å²) in [5.74, 6) is -3.45. The summed E-state index contributed by atoms with van der Waals surface area (Å²) in [6.45, 7) is 20.3. The second kappa shape index (κ2) is 14.4. The van der Waals surface area contributed by atoms with Crippen LogP contribution in [-0.2, 0) is 52.4 Å². The summed E-state index contributed by atoms with van der Waals surface area (Å²) in [6.07, 6.45) is -0.658. The van der Waals surface area contributed by atoms with E-state index >= 15 is 4.79 Å². The summed E-state index contributed by atoms with van der Waals surface area (Å²) in [4.78, 5) is 64.4. The number of ether oxygens (including phenoxy) is 6. The molecule has 1 heterocycles. The van der Waals surface area contributed by atoms with Crippen molar-refractivity contribution in [1.82, 2.24) is 0 Å². The number of rotatable bonds is 6. The minimum absolute atomic E-state index is 0.0811. The molecule has 13 heteroatoms. The van der Waals surface area contributed by atoms with Crippen LogP contribution in [0.2, 0.25) is 0 Å². The Labute approximate surface area is 330 Å². The average Bonchev–Trinajstić information content (AvgIpc) is 3.06. The molecule has 0 unspecified atom stereocenters. The molecule has 0 aromatic rings. The lowest BCUT2D eigenvalue weighted by Crippen LogP contribution is -2.67. The van der Waals surface area contributed by atoms with Crippen LogP contribution >= 0.6 is 0 Å². The molecule has 5 aliphatic carbocycles. The van der Waals surface area contributed by atoms with E-state index in [2.05, 4.69) is 54.5 Å².